The fourth-order valence-corrected chi connectivity index (χ4v) is 1.39. The van der Waals surface area contributed by atoms with Gasteiger partial charge in [-0.25, -0.2) is 0 Å². The van der Waals surface area contributed by atoms with E-state index < -0.39 is 12.3 Å². The van der Waals surface area contributed by atoms with E-state index in [2.05, 4.69) is 6.58 Å². The molecule has 12 heavy (non-hydrogen) atoms. The third-order valence-electron chi connectivity index (χ3n) is 2.11. The molecule has 0 aromatic heterocycles. The Kier molecular flexibility index (Phi) is 2.54. The Morgan fingerprint density at radius 1 is 1.75 bits per heavy atom. The summed E-state index contributed by atoms with van der Waals surface area (Å²) in [6, 6.07) is 0. The van der Waals surface area contributed by atoms with Crippen molar-refractivity contribution in [3.63, 3.8) is 0 Å². The molecular weight excluding hydrogens is 148 g/mol. The summed E-state index contributed by atoms with van der Waals surface area (Å²) in [5.74, 6) is -1.72. The van der Waals surface area contributed by atoms with Gasteiger partial charge in [0.1, 0.15) is 5.78 Å². The van der Waals surface area contributed by atoms with Gasteiger partial charge in [-0.2, -0.15) is 0 Å². The first kappa shape index (κ1) is 5.95. The average molecular weight is 169 g/mol. The maximum absolute atomic E-state index is 11.5. The van der Waals surface area contributed by atoms with Crippen molar-refractivity contribution in [1.29, 1.82) is 0 Å². The predicted octanol–water partition coefficient (Wildman–Crippen LogP) is 3.10. The summed E-state index contributed by atoms with van der Waals surface area (Å²) < 4.78 is 23.4. The molecule has 0 radical (unpaired) electrons. The van der Waals surface area contributed by atoms with Crippen molar-refractivity contribution in [2.75, 3.05) is 0 Å². The zero-order valence-corrected chi connectivity index (χ0v) is 7.44. The SMILES string of the molecule is [2H]C1([2H])CCC(=O)C1([2H])CCCCC=C. The van der Waals surface area contributed by atoms with E-state index in [9.17, 15) is 4.79 Å². The smallest absolute Gasteiger partial charge is 0.135 e. The van der Waals surface area contributed by atoms with E-state index in [4.69, 9.17) is 4.11 Å². The molecule has 0 amide bonds. The van der Waals surface area contributed by atoms with Crippen LogP contribution in [0.4, 0.5) is 0 Å². The van der Waals surface area contributed by atoms with E-state index in [0.29, 0.717) is 6.42 Å². The monoisotopic (exact) mass is 169 g/mol. The van der Waals surface area contributed by atoms with Crippen molar-refractivity contribution < 1.29 is 8.91 Å². The molecule has 1 atom stereocenters. The zero-order chi connectivity index (χ0) is 11.5. The van der Waals surface area contributed by atoms with Crippen molar-refractivity contribution in [1.82, 2.24) is 0 Å². The van der Waals surface area contributed by atoms with Crippen LogP contribution in [0.1, 0.15) is 49.0 Å². The van der Waals surface area contributed by atoms with Gasteiger partial charge in [0.25, 0.3) is 0 Å². The highest BCUT2D eigenvalue weighted by Gasteiger charge is 2.23. The minimum absolute atomic E-state index is 0.205. The Balaban J connectivity index is 2.55. The van der Waals surface area contributed by atoms with E-state index in [1.54, 1.807) is 0 Å². The third-order valence-corrected chi connectivity index (χ3v) is 2.11. The van der Waals surface area contributed by atoms with Gasteiger partial charge in [-0.15, -0.1) is 6.58 Å². The molecule has 1 saturated carbocycles. The topological polar surface area (TPSA) is 17.1 Å². The lowest BCUT2D eigenvalue weighted by Gasteiger charge is -2.05. The molecule has 0 spiro atoms. The second-order valence-electron chi connectivity index (χ2n) is 3.11. The van der Waals surface area contributed by atoms with Crippen molar-refractivity contribution in [3.8, 4) is 0 Å². The maximum atomic E-state index is 11.5. The Bertz CT molecular complexity index is 263. The quantitative estimate of drug-likeness (QED) is 0.456. The lowest BCUT2D eigenvalue weighted by Crippen LogP contribution is -2.05. The van der Waals surface area contributed by atoms with Crippen LogP contribution in [0.2, 0.25) is 0 Å². The minimum Gasteiger partial charge on any atom is -0.299 e. The van der Waals surface area contributed by atoms with Crippen LogP contribution < -0.4 is 0 Å². The number of ketones is 1. The third kappa shape index (κ3) is 2.80. The second kappa shape index (κ2) is 5.13. The summed E-state index contributed by atoms with van der Waals surface area (Å²) in [7, 11) is 0. The lowest BCUT2D eigenvalue weighted by atomic mass is 9.99. The highest BCUT2D eigenvalue weighted by Crippen LogP contribution is 2.26. The molecule has 0 heterocycles. The van der Waals surface area contributed by atoms with E-state index in [1.807, 2.05) is 6.08 Å². The standard InChI is InChI=1S/C11H18O/c1-2-3-4-5-7-10-8-6-9-11(10)12/h2,10H,1,3-9H2/i8D2,10D. The predicted molar refractivity (Wildman–Crippen MR) is 51.0 cm³/mol. The van der Waals surface area contributed by atoms with Gasteiger partial charge < -0.3 is 0 Å². The molecule has 0 saturated heterocycles. The summed E-state index contributed by atoms with van der Waals surface area (Å²) in [5.41, 5.74) is 0. The van der Waals surface area contributed by atoms with Crippen molar-refractivity contribution in [2.45, 2.75) is 44.9 Å². The maximum Gasteiger partial charge on any atom is 0.135 e. The first-order valence-electron chi connectivity index (χ1n) is 6.08. The van der Waals surface area contributed by atoms with Crippen LogP contribution in [0.15, 0.2) is 12.7 Å². The van der Waals surface area contributed by atoms with E-state index >= 15 is 0 Å². The summed E-state index contributed by atoms with van der Waals surface area (Å²) in [5, 5.41) is 0. The number of hydrogen-bond acceptors (Lipinski definition) is 1. The summed E-state index contributed by atoms with van der Waals surface area (Å²) in [6.45, 7) is 3.60. The normalized spacial score (nSPS) is 37.0. The van der Waals surface area contributed by atoms with Gasteiger partial charge in [0.2, 0.25) is 0 Å². The minimum atomic E-state index is -1.64. The molecule has 1 heteroatoms. The van der Waals surface area contributed by atoms with Crippen LogP contribution in [0.5, 0.6) is 0 Å². The van der Waals surface area contributed by atoms with E-state index in [1.165, 1.54) is 0 Å². The molecule has 1 unspecified atom stereocenters. The van der Waals surface area contributed by atoms with Crippen molar-refractivity contribution >= 4 is 5.78 Å². The number of carbonyl (C=O) groups is 1. The molecule has 0 aromatic rings. The fraction of sp³-hybridized carbons (Fsp3) is 0.727. The first-order chi connectivity index (χ1) is 6.94. The Morgan fingerprint density at radius 2 is 2.58 bits per heavy atom. The Labute approximate surface area is 79.1 Å². The number of hydrogen-bond donors (Lipinski definition) is 0. The fourth-order valence-electron chi connectivity index (χ4n) is 1.39. The molecule has 68 valence electrons. The number of carbonyl (C=O) groups excluding carboxylic acids is 1. The Hall–Kier alpha value is -0.590. The molecular formula is C11H18O. The molecule has 1 aliphatic carbocycles. The van der Waals surface area contributed by atoms with Gasteiger partial charge in [-0.05, 0) is 32.1 Å². The first-order valence-corrected chi connectivity index (χ1v) is 4.58. The van der Waals surface area contributed by atoms with Gasteiger partial charge in [0.15, 0.2) is 0 Å². The highest BCUT2D eigenvalue weighted by atomic mass is 16.1. The number of unbranched alkanes of at least 4 members (excludes halogenated alkanes) is 2. The number of allylic oxidation sites excluding steroid dienone is 1. The van der Waals surface area contributed by atoms with Crippen LogP contribution in [0.25, 0.3) is 0 Å². The van der Waals surface area contributed by atoms with E-state index in [0.717, 1.165) is 19.3 Å². The molecule has 0 N–H and O–H groups in total. The van der Waals surface area contributed by atoms with Gasteiger partial charge >= 0.3 is 0 Å². The molecule has 1 rings (SSSR count). The zero-order valence-electron chi connectivity index (χ0n) is 10.4. The molecule has 1 nitrogen and oxygen atoms in total. The van der Waals surface area contributed by atoms with Gasteiger partial charge in [-0.1, -0.05) is 12.5 Å². The van der Waals surface area contributed by atoms with Crippen LogP contribution in [-0.4, -0.2) is 5.78 Å². The van der Waals surface area contributed by atoms with E-state index in [-0.39, 0.29) is 18.6 Å². The molecule has 1 fully saturated rings. The van der Waals surface area contributed by atoms with Crippen LogP contribution >= 0.6 is 0 Å². The van der Waals surface area contributed by atoms with Gasteiger partial charge in [0.05, 0.1) is 0 Å². The lowest BCUT2D eigenvalue weighted by molar-refractivity contribution is -0.120. The summed E-state index contributed by atoms with van der Waals surface area (Å²) in [6.07, 6.45) is 3.41. The van der Waals surface area contributed by atoms with Crippen molar-refractivity contribution in [3.05, 3.63) is 12.7 Å². The number of rotatable bonds is 5. The number of Topliss-reactive ketones (excluding diaryl/α,β-unsaturated/α-hetero) is 1. The van der Waals surface area contributed by atoms with Gasteiger partial charge in [-0.3, -0.25) is 4.79 Å². The summed E-state index contributed by atoms with van der Waals surface area (Å²) >= 11 is 0. The molecule has 1 aliphatic rings. The van der Waals surface area contributed by atoms with Crippen LogP contribution in [0.3, 0.4) is 0 Å². The molecule has 0 aliphatic heterocycles. The van der Waals surface area contributed by atoms with Gasteiger partial charge in [0, 0.05) is 16.4 Å². The summed E-state index contributed by atoms with van der Waals surface area (Å²) in [4.78, 5) is 11.5. The largest absolute Gasteiger partial charge is 0.299 e. The molecule has 0 bridgehead atoms. The molecule has 0 aromatic carbocycles. The highest BCUT2D eigenvalue weighted by molar-refractivity contribution is 5.82. The average Bonchev–Trinajstić information content (AvgIpc) is 2.38. The van der Waals surface area contributed by atoms with Crippen molar-refractivity contribution in [2.24, 2.45) is 5.89 Å². The Morgan fingerprint density at radius 3 is 3.17 bits per heavy atom. The second-order valence-corrected chi connectivity index (χ2v) is 3.11. The van der Waals surface area contributed by atoms with Crippen LogP contribution in [-0.2, 0) is 4.79 Å². The van der Waals surface area contributed by atoms with Crippen LogP contribution in [0, 0.1) is 5.89 Å².